The number of allylic oxidation sites excluding steroid dienone is 2. The lowest BCUT2D eigenvalue weighted by Gasteiger charge is -2.36. The Morgan fingerprint density at radius 3 is 2.21 bits per heavy atom. The van der Waals surface area contributed by atoms with E-state index in [0.717, 1.165) is 44.8 Å². The van der Waals surface area contributed by atoms with Crippen molar-refractivity contribution in [3.8, 4) is 0 Å². The van der Waals surface area contributed by atoms with Gasteiger partial charge in [0.15, 0.2) is 0 Å². The number of halogens is 2. The van der Waals surface area contributed by atoms with Gasteiger partial charge >= 0.3 is 0 Å². The van der Waals surface area contributed by atoms with Crippen molar-refractivity contribution < 1.29 is 13.5 Å². The summed E-state index contributed by atoms with van der Waals surface area (Å²) in [5.74, 6) is 1.24. The van der Waals surface area contributed by atoms with Gasteiger partial charge in [0, 0.05) is 5.92 Å². The number of rotatable bonds is 3. The van der Waals surface area contributed by atoms with Crippen molar-refractivity contribution in [2.24, 2.45) is 17.8 Å². The molecule has 0 amide bonds. The Labute approximate surface area is 114 Å². The minimum atomic E-state index is -1.52. The first-order chi connectivity index (χ1) is 9.19. The maximum Gasteiger partial charge on any atom is 0.266 e. The average Bonchev–Trinajstić information content (AvgIpc) is 2.40. The van der Waals surface area contributed by atoms with Crippen molar-refractivity contribution in [3.05, 3.63) is 24.3 Å². The molecule has 0 N–H and O–H groups in total. The van der Waals surface area contributed by atoms with Gasteiger partial charge in [-0.1, -0.05) is 12.2 Å². The van der Waals surface area contributed by atoms with Crippen LogP contribution in [0.25, 0.3) is 0 Å². The Balaban J connectivity index is 1.75. The fraction of sp³-hybridized carbons (Fsp3) is 0.750. The van der Waals surface area contributed by atoms with E-state index in [-0.39, 0.29) is 5.92 Å². The van der Waals surface area contributed by atoms with Gasteiger partial charge in [-0.05, 0) is 63.4 Å². The maximum absolute atomic E-state index is 12.2. The zero-order valence-electron chi connectivity index (χ0n) is 11.7. The van der Waals surface area contributed by atoms with Crippen molar-refractivity contribution >= 4 is 0 Å². The van der Waals surface area contributed by atoms with Gasteiger partial charge in [0.1, 0.15) is 0 Å². The lowest BCUT2D eigenvalue weighted by molar-refractivity contribution is -0.0479. The van der Waals surface area contributed by atoms with Gasteiger partial charge in [0.25, 0.3) is 6.08 Å². The molecule has 3 heteroatoms. The zero-order chi connectivity index (χ0) is 13.7. The molecule has 2 fully saturated rings. The van der Waals surface area contributed by atoms with Crippen molar-refractivity contribution in [2.75, 3.05) is 6.61 Å². The second kappa shape index (κ2) is 7.18. The summed E-state index contributed by atoms with van der Waals surface area (Å²) >= 11 is 0. The summed E-state index contributed by atoms with van der Waals surface area (Å²) in [6.45, 7) is 2.87. The van der Waals surface area contributed by atoms with Crippen LogP contribution in [-0.4, -0.2) is 12.7 Å². The molecule has 1 nitrogen and oxygen atoms in total. The zero-order valence-corrected chi connectivity index (χ0v) is 11.7. The van der Waals surface area contributed by atoms with Crippen LogP contribution >= 0.6 is 0 Å². The summed E-state index contributed by atoms with van der Waals surface area (Å²) in [4.78, 5) is 0. The first-order valence-electron chi connectivity index (χ1n) is 7.46. The lowest BCUT2D eigenvalue weighted by atomic mass is 9.77. The molecule has 1 saturated carbocycles. The molecule has 1 aliphatic carbocycles. The Morgan fingerprint density at radius 1 is 1.00 bits per heavy atom. The quantitative estimate of drug-likeness (QED) is 0.660. The minimum Gasteiger partial charge on any atom is -0.377 e. The van der Waals surface area contributed by atoms with E-state index in [1.54, 1.807) is 0 Å². The Morgan fingerprint density at radius 2 is 1.68 bits per heavy atom. The van der Waals surface area contributed by atoms with E-state index in [4.69, 9.17) is 4.74 Å². The van der Waals surface area contributed by atoms with Gasteiger partial charge in [0.2, 0.25) is 0 Å². The van der Waals surface area contributed by atoms with Crippen LogP contribution in [0.15, 0.2) is 24.3 Å². The van der Waals surface area contributed by atoms with E-state index in [1.807, 2.05) is 6.92 Å². The van der Waals surface area contributed by atoms with E-state index in [9.17, 15) is 8.78 Å². The van der Waals surface area contributed by atoms with Crippen LogP contribution in [0.5, 0.6) is 0 Å². The Hall–Kier alpha value is -0.700. The van der Waals surface area contributed by atoms with Gasteiger partial charge in [-0.15, -0.1) is 0 Å². The molecular formula is C16H24F2O. The van der Waals surface area contributed by atoms with E-state index < -0.39 is 6.08 Å². The summed E-state index contributed by atoms with van der Waals surface area (Å²) in [5, 5.41) is 0. The van der Waals surface area contributed by atoms with Gasteiger partial charge in [-0.3, -0.25) is 0 Å². The topological polar surface area (TPSA) is 9.23 Å². The highest BCUT2D eigenvalue weighted by Crippen LogP contribution is 2.36. The predicted octanol–water partition coefficient (Wildman–Crippen LogP) is 4.94. The van der Waals surface area contributed by atoms with Gasteiger partial charge < -0.3 is 4.74 Å². The van der Waals surface area contributed by atoms with Crippen LogP contribution in [0.3, 0.4) is 0 Å². The number of ether oxygens (including phenoxy) is 1. The molecule has 0 aromatic carbocycles. The molecule has 0 aromatic heterocycles. The van der Waals surface area contributed by atoms with Crippen LogP contribution in [0.4, 0.5) is 8.78 Å². The van der Waals surface area contributed by atoms with Crippen molar-refractivity contribution in [1.82, 2.24) is 0 Å². The summed E-state index contributed by atoms with van der Waals surface area (Å²) < 4.78 is 30.4. The molecule has 0 aromatic rings. The normalized spacial score (nSPS) is 36.4. The predicted molar refractivity (Wildman–Crippen MR) is 73.0 cm³/mol. The molecule has 0 bridgehead atoms. The lowest BCUT2D eigenvalue weighted by Crippen LogP contribution is -2.33. The summed E-state index contributed by atoms with van der Waals surface area (Å²) in [6, 6.07) is 0. The number of hydrogen-bond donors (Lipinski definition) is 0. The second-order valence-corrected chi connectivity index (χ2v) is 5.87. The highest BCUT2D eigenvalue weighted by atomic mass is 19.3. The highest BCUT2D eigenvalue weighted by Gasteiger charge is 2.30. The van der Waals surface area contributed by atoms with Crippen molar-refractivity contribution in [2.45, 2.75) is 51.6 Å². The summed E-state index contributed by atoms with van der Waals surface area (Å²) in [5.41, 5.74) is 0. The molecule has 108 valence electrons. The fourth-order valence-electron chi connectivity index (χ4n) is 3.45. The first-order valence-corrected chi connectivity index (χ1v) is 7.46. The molecule has 2 aliphatic rings. The SMILES string of the molecule is C/C=C/C1CCC(C2CCC(C=C(F)F)CC2)OC1. The Kier molecular flexibility index (Phi) is 5.56. The van der Waals surface area contributed by atoms with E-state index in [1.165, 1.54) is 6.42 Å². The molecule has 1 saturated heterocycles. The Bertz CT molecular complexity index is 318. The molecule has 2 atom stereocenters. The molecule has 2 unspecified atom stereocenters. The van der Waals surface area contributed by atoms with Crippen molar-refractivity contribution in [1.29, 1.82) is 0 Å². The largest absolute Gasteiger partial charge is 0.377 e. The van der Waals surface area contributed by atoms with Gasteiger partial charge in [-0.25, -0.2) is 0 Å². The molecule has 1 heterocycles. The van der Waals surface area contributed by atoms with Crippen LogP contribution in [0.1, 0.15) is 45.4 Å². The summed E-state index contributed by atoms with van der Waals surface area (Å²) in [7, 11) is 0. The van der Waals surface area contributed by atoms with Crippen molar-refractivity contribution in [3.63, 3.8) is 0 Å². The highest BCUT2D eigenvalue weighted by molar-refractivity contribution is 4.93. The molecular weight excluding hydrogens is 246 g/mol. The maximum atomic E-state index is 12.2. The van der Waals surface area contributed by atoms with Crippen LogP contribution in [-0.2, 0) is 4.74 Å². The monoisotopic (exact) mass is 270 g/mol. The third-order valence-electron chi connectivity index (χ3n) is 4.51. The van der Waals surface area contributed by atoms with Crippen LogP contribution < -0.4 is 0 Å². The fourth-order valence-corrected chi connectivity index (χ4v) is 3.45. The van der Waals surface area contributed by atoms with E-state index >= 15 is 0 Å². The molecule has 19 heavy (non-hydrogen) atoms. The standard InChI is InChI=1S/C16H24F2O/c1-2-3-13-6-9-15(19-11-13)14-7-4-12(5-8-14)10-16(17)18/h2-3,10,12-15H,4-9,11H2,1H3/b3-2+. The van der Waals surface area contributed by atoms with E-state index in [0.29, 0.717) is 17.9 Å². The molecule has 0 spiro atoms. The minimum absolute atomic E-state index is 0.0839. The number of hydrogen-bond acceptors (Lipinski definition) is 1. The van der Waals surface area contributed by atoms with E-state index in [2.05, 4.69) is 12.2 Å². The third kappa shape index (κ3) is 4.41. The molecule has 2 rings (SSSR count). The third-order valence-corrected chi connectivity index (χ3v) is 4.51. The second-order valence-electron chi connectivity index (χ2n) is 5.87. The van der Waals surface area contributed by atoms with Gasteiger partial charge in [0.05, 0.1) is 12.7 Å². The molecule has 0 radical (unpaired) electrons. The summed E-state index contributed by atoms with van der Waals surface area (Å²) in [6.07, 6.45) is 10.5. The average molecular weight is 270 g/mol. The smallest absolute Gasteiger partial charge is 0.266 e. The van der Waals surface area contributed by atoms with Crippen LogP contribution in [0, 0.1) is 17.8 Å². The van der Waals surface area contributed by atoms with Gasteiger partial charge in [-0.2, -0.15) is 8.78 Å². The molecule has 1 aliphatic heterocycles. The van der Waals surface area contributed by atoms with Crippen LogP contribution in [0.2, 0.25) is 0 Å². The first kappa shape index (κ1) is 14.7.